The van der Waals surface area contributed by atoms with Crippen LogP contribution in [-0.4, -0.2) is 10.9 Å². The van der Waals surface area contributed by atoms with Gasteiger partial charge in [-0.2, -0.15) is 0 Å². The highest BCUT2D eigenvalue weighted by Crippen LogP contribution is 2.38. The van der Waals surface area contributed by atoms with Gasteiger partial charge < -0.3 is 21.1 Å². The smallest absolute Gasteiger partial charge is 0.124 e. The van der Waals surface area contributed by atoms with E-state index < -0.39 is 0 Å². The first-order valence-electron chi connectivity index (χ1n) is 14.9. The lowest BCUT2D eigenvalue weighted by Crippen LogP contribution is -2.13. The number of hydrogen-bond acceptors (Lipinski definition) is 5. The number of rotatable bonds is 12. The standard InChI is InChI=1S/C38H41N3OS/c1-38(2,3)36-26-35(43-24-10-11-28-16-18-33(19-17-28)40-31-12-6-4-7-13-31)25-29(37(36)42)27-39-30-20-22-34(23-21-30)41-32-14-8-5-9-15-32/h4-9,12-23,25-26,39-42H,10-11,24,27H2,1-3H3. The normalized spacial score (nSPS) is 11.2. The highest BCUT2D eigenvalue weighted by atomic mass is 32.2. The Morgan fingerprint density at radius 1 is 0.628 bits per heavy atom. The summed E-state index contributed by atoms with van der Waals surface area (Å²) in [4.78, 5) is 1.20. The van der Waals surface area contributed by atoms with Gasteiger partial charge in [0.1, 0.15) is 5.75 Å². The zero-order valence-electron chi connectivity index (χ0n) is 25.2. The summed E-state index contributed by atoms with van der Waals surface area (Å²) >= 11 is 1.86. The van der Waals surface area contributed by atoms with Crippen LogP contribution in [0.2, 0.25) is 0 Å². The van der Waals surface area contributed by atoms with Crippen molar-refractivity contribution in [2.75, 3.05) is 21.7 Å². The molecule has 0 unspecified atom stereocenters. The molecule has 5 aromatic rings. The molecule has 0 aliphatic heterocycles. The quantitative estimate of drug-likeness (QED) is 0.0864. The second-order valence-corrected chi connectivity index (χ2v) is 13.0. The molecule has 4 N–H and O–H groups in total. The lowest BCUT2D eigenvalue weighted by molar-refractivity contribution is 0.440. The molecule has 0 heterocycles. The Morgan fingerprint density at radius 2 is 1.14 bits per heavy atom. The summed E-state index contributed by atoms with van der Waals surface area (Å²) in [6.45, 7) is 7.02. The minimum absolute atomic E-state index is 0.157. The predicted molar refractivity (Wildman–Crippen MR) is 186 cm³/mol. The summed E-state index contributed by atoms with van der Waals surface area (Å²) in [5.74, 6) is 1.40. The van der Waals surface area contributed by atoms with Crippen LogP contribution in [0.25, 0.3) is 0 Å². The van der Waals surface area contributed by atoms with Gasteiger partial charge in [-0.1, -0.05) is 69.3 Å². The van der Waals surface area contributed by atoms with Crippen LogP contribution >= 0.6 is 11.8 Å². The molecule has 0 saturated carbocycles. The van der Waals surface area contributed by atoms with Gasteiger partial charge in [0.25, 0.3) is 0 Å². The van der Waals surface area contributed by atoms with Crippen LogP contribution in [0.1, 0.15) is 43.9 Å². The average molecular weight is 588 g/mol. The molecular weight excluding hydrogens is 547 g/mol. The Bertz CT molecular complexity index is 1580. The van der Waals surface area contributed by atoms with Gasteiger partial charge in [0, 0.05) is 51.0 Å². The fraction of sp³-hybridized carbons (Fsp3) is 0.211. The summed E-state index contributed by atoms with van der Waals surface area (Å²) in [5.41, 5.74) is 8.40. The second kappa shape index (κ2) is 14.2. The number of aromatic hydroxyl groups is 1. The van der Waals surface area contributed by atoms with Crippen LogP contribution in [-0.2, 0) is 18.4 Å². The maximum Gasteiger partial charge on any atom is 0.124 e. The Labute approximate surface area is 260 Å². The fourth-order valence-electron chi connectivity index (χ4n) is 4.92. The van der Waals surface area contributed by atoms with E-state index in [4.69, 9.17) is 0 Å². The summed E-state index contributed by atoms with van der Waals surface area (Å²) in [6, 6.07) is 41.7. The van der Waals surface area contributed by atoms with Gasteiger partial charge in [0.15, 0.2) is 0 Å². The molecule has 0 fully saturated rings. The van der Waals surface area contributed by atoms with Crippen LogP contribution in [0.5, 0.6) is 5.75 Å². The van der Waals surface area contributed by atoms with E-state index in [2.05, 4.69) is 122 Å². The van der Waals surface area contributed by atoms with E-state index in [1.807, 2.05) is 48.2 Å². The van der Waals surface area contributed by atoms with Crippen molar-refractivity contribution in [3.05, 3.63) is 138 Å². The first-order valence-corrected chi connectivity index (χ1v) is 15.9. The molecule has 0 spiro atoms. The number of nitrogens with one attached hydrogen (secondary N) is 3. The monoisotopic (exact) mass is 587 g/mol. The van der Waals surface area contributed by atoms with Crippen molar-refractivity contribution in [2.24, 2.45) is 0 Å². The summed E-state index contributed by atoms with van der Waals surface area (Å²) in [7, 11) is 0. The summed E-state index contributed by atoms with van der Waals surface area (Å²) in [6.07, 6.45) is 2.12. The Morgan fingerprint density at radius 3 is 1.70 bits per heavy atom. The lowest BCUT2D eigenvalue weighted by atomic mass is 9.85. The third-order valence-electron chi connectivity index (χ3n) is 7.30. The molecule has 5 rings (SSSR count). The van der Waals surface area contributed by atoms with Crippen LogP contribution in [0.15, 0.2) is 126 Å². The maximum atomic E-state index is 11.2. The lowest BCUT2D eigenvalue weighted by Gasteiger charge is -2.23. The van der Waals surface area contributed by atoms with Crippen molar-refractivity contribution in [1.82, 2.24) is 0 Å². The van der Waals surface area contributed by atoms with Crippen LogP contribution in [0.3, 0.4) is 0 Å². The van der Waals surface area contributed by atoms with Gasteiger partial charge in [-0.3, -0.25) is 0 Å². The van der Waals surface area contributed by atoms with Crippen LogP contribution < -0.4 is 16.0 Å². The van der Waals surface area contributed by atoms with E-state index in [-0.39, 0.29) is 5.41 Å². The van der Waals surface area contributed by atoms with E-state index in [1.165, 1.54) is 10.5 Å². The molecule has 0 radical (unpaired) electrons. The first-order chi connectivity index (χ1) is 20.8. The van der Waals surface area contributed by atoms with E-state index in [0.29, 0.717) is 12.3 Å². The van der Waals surface area contributed by atoms with Gasteiger partial charge in [-0.05, 0) is 102 Å². The molecule has 4 nitrogen and oxygen atoms in total. The largest absolute Gasteiger partial charge is 0.507 e. The minimum atomic E-state index is -0.157. The first kappa shape index (κ1) is 30.1. The molecule has 0 atom stereocenters. The van der Waals surface area contributed by atoms with Gasteiger partial charge in [-0.15, -0.1) is 11.8 Å². The van der Waals surface area contributed by atoms with E-state index >= 15 is 0 Å². The van der Waals surface area contributed by atoms with Crippen molar-refractivity contribution in [2.45, 2.75) is 50.5 Å². The Kier molecular flexibility index (Phi) is 9.96. The number of anilines is 5. The summed E-state index contributed by atoms with van der Waals surface area (Å²) in [5, 5.41) is 21.6. The Hall–Kier alpha value is -4.35. The van der Waals surface area contributed by atoms with Crippen molar-refractivity contribution in [1.29, 1.82) is 0 Å². The number of hydrogen-bond donors (Lipinski definition) is 4. The van der Waals surface area contributed by atoms with Crippen molar-refractivity contribution < 1.29 is 5.11 Å². The molecule has 5 aromatic carbocycles. The number of para-hydroxylation sites is 2. The molecule has 0 aliphatic carbocycles. The SMILES string of the molecule is CC(C)(C)c1cc(SCCCc2ccc(Nc3ccccc3)cc2)cc(CNc2ccc(Nc3ccccc3)cc2)c1O. The molecule has 0 amide bonds. The van der Waals surface area contributed by atoms with Crippen molar-refractivity contribution in [3.8, 4) is 5.75 Å². The van der Waals surface area contributed by atoms with Crippen LogP contribution in [0, 0.1) is 0 Å². The third kappa shape index (κ3) is 8.82. The van der Waals surface area contributed by atoms with Crippen molar-refractivity contribution >= 4 is 40.2 Å². The number of thioether (sulfide) groups is 1. The van der Waals surface area contributed by atoms with Gasteiger partial charge in [-0.25, -0.2) is 0 Å². The molecule has 5 heteroatoms. The molecular formula is C38H41N3OS. The zero-order valence-corrected chi connectivity index (χ0v) is 26.0. The highest BCUT2D eigenvalue weighted by molar-refractivity contribution is 7.99. The predicted octanol–water partition coefficient (Wildman–Crippen LogP) is 10.5. The number of benzene rings is 5. The minimum Gasteiger partial charge on any atom is -0.507 e. The van der Waals surface area contributed by atoms with E-state index in [0.717, 1.165) is 58.2 Å². The van der Waals surface area contributed by atoms with Gasteiger partial charge in [0.05, 0.1) is 0 Å². The summed E-state index contributed by atoms with van der Waals surface area (Å²) < 4.78 is 0. The average Bonchev–Trinajstić information content (AvgIpc) is 3.01. The van der Waals surface area contributed by atoms with E-state index in [1.54, 1.807) is 0 Å². The van der Waals surface area contributed by atoms with Crippen molar-refractivity contribution in [3.63, 3.8) is 0 Å². The number of phenols is 1. The van der Waals surface area contributed by atoms with E-state index in [9.17, 15) is 5.11 Å². The second-order valence-electron chi connectivity index (χ2n) is 11.8. The zero-order chi connectivity index (χ0) is 30.1. The van der Waals surface area contributed by atoms with Gasteiger partial charge >= 0.3 is 0 Å². The topological polar surface area (TPSA) is 56.3 Å². The van der Waals surface area contributed by atoms with Crippen LogP contribution in [0.4, 0.5) is 28.4 Å². The molecule has 0 aliphatic rings. The number of phenolic OH excluding ortho intramolecular Hbond substituents is 1. The molecule has 0 aromatic heterocycles. The third-order valence-corrected chi connectivity index (χ3v) is 8.36. The molecule has 0 saturated heterocycles. The molecule has 0 bridgehead atoms. The van der Waals surface area contributed by atoms with Gasteiger partial charge in [0.2, 0.25) is 0 Å². The highest BCUT2D eigenvalue weighted by Gasteiger charge is 2.21. The molecule has 43 heavy (non-hydrogen) atoms. The number of aryl methyl sites for hydroxylation is 1. The Balaban J connectivity index is 1.17. The maximum absolute atomic E-state index is 11.2. The fourth-order valence-corrected chi connectivity index (χ4v) is 5.87. The molecule has 220 valence electrons.